The van der Waals surface area contributed by atoms with Gasteiger partial charge in [0.2, 0.25) is 0 Å². The zero-order chi connectivity index (χ0) is 15.6. The molecule has 0 aromatic heterocycles. The van der Waals surface area contributed by atoms with Crippen molar-refractivity contribution < 1.29 is 4.79 Å². The minimum atomic E-state index is -1.05. The third-order valence-corrected chi connectivity index (χ3v) is 4.21. The van der Waals surface area contributed by atoms with Crippen LogP contribution in [0.4, 0.5) is 0 Å². The highest BCUT2D eigenvalue weighted by molar-refractivity contribution is 6.36. The first-order valence-electron chi connectivity index (χ1n) is 6.09. The number of hydrogen-bond donors (Lipinski definition) is 0. The lowest BCUT2D eigenvalue weighted by atomic mass is 9.91. The number of nitrogens with zero attached hydrogens (tertiary/aromatic N) is 1. The summed E-state index contributed by atoms with van der Waals surface area (Å²) in [5, 5.41) is 10.5. The van der Waals surface area contributed by atoms with Gasteiger partial charge in [-0.1, -0.05) is 40.9 Å². The molecule has 21 heavy (non-hydrogen) atoms. The summed E-state index contributed by atoms with van der Waals surface area (Å²) in [7, 11) is 0. The minimum Gasteiger partial charge on any atom is -0.292 e. The van der Waals surface area contributed by atoms with Crippen molar-refractivity contribution >= 4 is 40.6 Å². The lowest BCUT2D eigenvalue weighted by Crippen LogP contribution is -2.12. The molecule has 0 aliphatic rings. The molecule has 2 aromatic carbocycles. The highest BCUT2D eigenvalue weighted by atomic mass is 35.5. The Hall–Kier alpha value is -1.53. The van der Waals surface area contributed by atoms with Gasteiger partial charge in [-0.3, -0.25) is 4.79 Å². The summed E-state index contributed by atoms with van der Waals surface area (Å²) in [6, 6.07) is 11.7. The Labute approximate surface area is 137 Å². The second-order valence-corrected chi connectivity index (χ2v) is 5.75. The van der Waals surface area contributed by atoms with Crippen molar-refractivity contribution in [1.29, 1.82) is 5.26 Å². The van der Waals surface area contributed by atoms with Crippen molar-refractivity contribution in [2.75, 3.05) is 0 Å². The number of halogens is 3. The SMILES string of the molecule is Cc1cc(C(=O)C(C#N)c2c(Cl)cccc2Cl)ccc1Cl. The van der Waals surface area contributed by atoms with E-state index in [9.17, 15) is 10.1 Å². The Balaban J connectivity index is 2.49. The number of Topliss-reactive ketones (excluding diaryl/α,β-unsaturated/α-hetero) is 1. The van der Waals surface area contributed by atoms with Crippen molar-refractivity contribution in [3.8, 4) is 6.07 Å². The fourth-order valence-corrected chi connectivity index (χ4v) is 2.74. The molecule has 2 rings (SSSR count). The van der Waals surface area contributed by atoms with Crippen molar-refractivity contribution in [1.82, 2.24) is 0 Å². The predicted molar refractivity (Wildman–Crippen MR) is 85.3 cm³/mol. The van der Waals surface area contributed by atoms with E-state index in [1.54, 1.807) is 43.3 Å². The van der Waals surface area contributed by atoms with E-state index in [2.05, 4.69) is 0 Å². The largest absolute Gasteiger partial charge is 0.292 e. The van der Waals surface area contributed by atoms with E-state index in [1.807, 2.05) is 6.07 Å². The first kappa shape index (κ1) is 15.9. The van der Waals surface area contributed by atoms with Crippen LogP contribution in [0, 0.1) is 18.3 Å². The normalized spacial score (nSPS) is 11.8. The van der Waals surface area contributed by atoms with E-state index in [0.717, 1.165) is 5.56 Å². The molecular formula is C16H10Cl3NO. The standard InChI is InChI=1S/C16H10Cl3NO/c1-9-7-10(5-6-12(9)17)16(21)11(8-20)15-13(18)3-2-4-14(15)19/h2-7,11H,1H3. The Morgan fingerprint density at radius 3 is 2.24 bits per heavy atom. The van der Waals surface area contributed by atoms with Crippen LogP contribution in [0.25, 0.3) is 0 Å². The Morgan fingerprint density at radius 2 is 1.71 bits per heavy atom. The van der Waals surface area contributed by atoms with Crippen molar-refractivity contribution in [2.24, 2.45) is 0 Å². The average molecular weight is 339 g/mol. The molecule has 0 aliphatic carbocycles. The lowest BCUT2D eigenvalue weighted by molar-refractivity contribution is 0.0979. The van der Waals surface area contributed by atoms with Crippen molar-refractivity contribution in [3.05, 3.63) is 68.2 Å². The number of ketones is 1. The second kappa shape index (κ2) is 6.49. The first-order valence-corrected chi connectivity index (χ1v) is 7.23. The summed E-state index contributed by atoms with van der Waals surface area (Å²) < 4.78 is 0. The number of benzene rings is 2. The molecule has 0 saturated heterocycles. The molecular weight excluding hydrogens is 329 g/mol. The van der Waals surface area contributed by atoms with Gasteiger partial charge < -0.3 is 0 Å². The number of carbonyl (C=O) groups excluding carboxylic acids is 1. The second-order valence-electron chi connectivity index (χ2n) is 4.53. The molecule has 0 spiro atoms. The fourth-order valence-electron chi connectivity index (χ4n) is 2.01. The molecule has 1 atom stereocenters. The summed E-state index contributed by atoms with van der Waals surface area (Å²) in [6.45, 7) is 1.79. The number of hydrogen-bond acceptors (Lipinski definition) is 2. The van der Waals surface area contributed by atoms with E-state index in [4.69, 9.17) is 34.8 Å². The van der Waals surface area contributed by atoms with Crippen molar-refractivity contribution in [3.63, 3.8) is 0 Å². The third kappa shape index (κ3) is 3.22. The number of aryl methyl sites for hydroxylation is 1. The number of carbonyl (C=O) groups is 1. The van der Waals surface area contributed by atoms with E-state index in [1.165, 1.54) is 0 Å². The smallest absolute Gasteiger partial charge is 0.184 e. The molecule has 5 heteroatoms. The average Bonchev–Trinajstić information content (AvgIpc) is 2.45. The summed E-state index contributed by atoms with van der Waals surface area (Å²) in [4.78, 5) is 12.6. The Kier molecular flexibility index (Phi) is 4.90. The van der Waals surface area contributed by atoms with Crippen LogP contribution < -0.4 is 0 Å². The molecule has 0 bridgehead atoms. The zero-order valence-electron chi connectivity index (χ0n) is 11.0. The molecule has 0 amide bonds. The van der Waals surface area contributed by atoms with Crippen LogP contribution in [0.3, 0.4) is 0 Å². The lowest BCUT2D eigenvalue weighted by Gasteiger charge is -2.13. The maximum atomic E-state index is 12.6. The molecule has 0 heterocycles. The summed E-state index contributed by atoms with van der Waals surface area (Å²) >= 11 is 18.1. The van der Waals surface area contributed by atoms with Crippen LogP contribution >= 0.6 is 34.8 Å². The van der Waals surface area contributed by atoms with Gasteiger partial charge in [0.1, 0.15) is 5.92 Å². The fraction of sp³-hybridized carbons (Fsp3) is 0.125. The molecule has 0 aliphatic heterocycles. The van der Waals surface area contributed by atoms with E-state index >= 15 is 0 Å². The number of nitriles is 1. The van der Waals surface area contributed by atoms with Gasteiger partial charge in [0.25, 0.3) is 0 Å². The summed E-state index contributed by atoms with van der Waals surface area (Å²) in [6.07, 6.45) is 0. The van der Waals surface area contributed by atoms with Crippen LogP contribution in [0.5, 0.6) is 0 Å². The maximum Gasteiger partial charge on any atom is 0.184 e. The van der Waals surface area contributed by atoms with Crippen LogP contribution in [-0.4, -0.2) is 5.78 Å². The Morgan fingerprint density at radius 1 is 1.10 bits per heavy atom. The molecule has 1 unspecified atom stereocenters. The van der Waals surface area contributed by atoms with Gasteiger partial charge in [-0.2, -0.15) is 5.26 Å². The van der Waals surface area contributed by atoms with E-state index in [0.29, 0.717) is 26.2 Å². The molecule has 0 N–H and O–H groups in total. The van der Waals surface area contributed by atoms with Crippen LogP contribution in [0.15, 0.2) is 36.4 Å². The van der Waals surface area contributed by atoms with E-state index < -0.39 is 5.92 Å². The minimum absolute atomic E-state index is 0.299. The molecule has 0 radical (unpaired) electrons. The molecule has 2 aromatic rings. The monoisotopic (exact) mass is 337 g/mol. The molecule has 0 saturated carbocycles. The van der Waals surface area contributed by atoms with Gasteiger partial charge in [0, 0.05) is 26.2 Å². The molecule has 106 valence electrons. The topological polar surface area (TPSA) is 40.9 Å². The van der Waals surface area contributed by atoms with Crippen molar-refractivity contribution in [2.45, 2.75) is 12.8 Å². The van der Waals surface area contributed by atoms with Gasteiger partial charge in [-0.25, -0.2) is 0 Å². The van der Waals surface area contributed by atoms with Gasteiger partial charge in [0.05, 0.1) is 6.07 Å². The van der Waals surface area contributed by atoms with Crippen LogP contribution in [0.2, 0.25) is 15.1 Å². The summed E-state index contributed by atoms with van der Waals surface area (Å²) in [5.41, 5.74) is 1.50. The predicted octanol–water partition coefficient (Wildman–Crippen LogP) is 5.45. The molecule has 0 fully saturated rings. The van der Waals surface area contributed by atoms with E-state index in [-0.39, 0.29) is 5.78 Å². The zero-order valence-corrected chi connectivity index (χ0v) is 13.3. The third-order valence-electron chi connectivity index (χ3n) is 3.12. The van der Waals surface area contributed by atoms with Gasteiger partial charge >= 0.3 is 0 Å². The molecule has 2 nitrogen and oxygen atoms in total. The van der Waals surface area contributed by atoms with Gasteiger partial charge in [-0.15, -0.1) is 0 Å². The summed E-state index contributed by atoms with van der Waals surface area (Å²) in [5.74, 6) is -1.40. The Bertz CT molecular complexity index is 729. The maximum absolute atomic E-state index is 12.6. The van der Waals surface area contributed by atoms with Crippen LogP contribution in [-0.2, 0) is 0 Å². The highest BCUT2D eigenvalue weighted by Crippen LogP contribution is 2.33. The van der Waals surface area contributed by atoms with Gasteiger partial charge in [-0.05, 0) is 42.8 Å². The van der Waals surface area contributed by atoms with Crippen LogP contribution in [0.1, 0.15) is 27.4 Å². The first-order chi connectivity index (χ1) is 9.95. The highest BCUT2D eigenvalue weighted by Gasteiger charge is 2.26. The van der Waals surface area contributed by atoms with Gasteiger partial charge in [0.15, 0.2) is 5.78 Å². The number of rotatable bonds is 3. The quantitative estimate of drug-likeness (QED) is 0.699.